The summed E-state index contributed by atoms with van der Waals surface area (Å²) in [5.74, 6) is -0.0878. The van der Waals surface area contributed by atoms with Crippen LogP contribution in [0.3, 0.4) is 0 Å². The summed E-state index contributed by atoms with van der Waals surface area (Å²) in [5, 5.41) is 4.25. The van der Waals surface area contributed by atoms with E-state index in [9.17, 15) is 31.1 Å². The Morgan fingerprint density at radius 2 is 1.78 bits per heavy atom. The molecule has 45 heavy (non-hydrogen) atoms. The van der Waals surface area contributed by atoms with Crippen LogP contribution in [0.25, 0.3) is 6.08 Å². The number of ether oxygens (including phenoxy) is 2. The van der Waals surface area contributed by atoms with Gasteiger partial charge in [0.2, 0.25) is 0 Å². The first-order chi connectivity index (χ1) is 21.4. The molecule has 5 rings (SSSR count). The van der Waals surface area contributed by atoms with Crippen molar-refractivity contribution in [2.75, 3.05) is 46.4 Å². The predicted molar refractivity (Wildman–Crippen MR) is 160 cm³/mol. The van der Waals surface area contributed by atoms with Gasteiger partial charge in [-0.3, -0.25) is 9.69 Å². The van der Waals surface area contributed by atoms with Crippen LogP contribution in [0.1, 0.15) is 47.9 Å². The van der Waals surface area contributed by atoms with Crippen molar-refractivity contribution in [3.8, 4) is 11.5 Å². The van der Waals surface area contributed by atoms with Crippen LogP contribution in [0.2, 0.25) is 0 Å². The normalized spacial score (nSPS) is 20.9. The molecular formula is C31H34F6N4O3S. The third-order valence-corrected chi connectivity index (χ3v) is 9.11. The van der Waals surface area contributed by atoms with Gasteiger partial charge in [0.25, 0.3) is 5.91 Å². The number of hydrogen-bond donors (Lipinski definition) is 1. The van der Waals surface area contributed by atoms with E-state index in [2.05, 4.69) is 20.1 Å². The SMILES string of the molecule is COc1cc(C=C2SC(N3CCN(CCC4CCCCN4)CC3)=NC2=O)ccc1OCc1ccc(C(F)(F)F)cc1C(F)(F)F. The molecule has 0 bridgehead atoms. The van der Waals surface area contributed by atoms with Crippen molar-refractivity contribution < 1.29 is 40.6 Å². The van der Waals surface area contributed by atoms with Crippen molar-refractivity contribution in [2.45, 2.75) is 50.7 Å². The number of nitrogens with one attached hydrogen (secondary N) is 1. The second kappa shape index (κ2) is 14.0. The van der Waals surface area contributed by atoms with Gasteiger partial charge in [-0.2, -0.15) is 31.3 Å². The maximum atomic E-state index is 13.5. The largest absolute Gasteiger partial charge is 0.493 e. The molecule has 0 saturated carbocycles. The van der Waals surface area contributed by atoms with Crippen LogP contribution >= 0.6 is 11.8 Å². The number of amides is 1. The van der Waals surface area contributed by atoms with Crippen molar-refractivity contribution in [3.63, 3.8) is 0 Å². The van der Waals surface area contributed by atoms with Crippen molar-refractivity contribution in [1.82, 2.24) is 15.1 Å². The highest BCUT2D eigenvalue weighted by molar-refractivity contribution is 8.18. The first kappa shape index (κ1) is 33.1. The second-order valence-electron chi connectivity index (χ2n) is 11.1. The third kappa shape index (κ3) is 8.53. The summed E-state index contributed by atoms with van der Waals surface area (Å²) in [6, 6.07) is 6.65. The average molecular weight is 657 g/mol. The number of rotatable bonds is 8. The summed E-state index contributed by atoms with van der Waals surface area (Å²) >= 11 is 1.29. The number of carbonyl (C=O) groups is 1. The zero-order chi connectivity index (χ0) is 32.2. The van der Waals surface area contributed by atoms with Crippen molar-refractivity contribution >= 4 is 28.9 Å². The van der Waals surface area contributed by atoms with Gasteiger partial charge in [-0.25, -0.2) is 0 Å². The lowest BCUT2D eigenvalue weighted by molar-refractivity contribution is -0.143. The fourth-order valence-corrected chi connectivity index (χ4v) is 6.51. The van der Waals surface area contributed by atoms with Gasteiger partial charge in [0.05, 0.1) is 23.1 Å². The van der Waals surface area contributed by atoms with Crippen LogP contribution in [0, 0.1) is 0 Å². The highest BCUT2D eigenvalue weighted by Crippen LogP contribution is 2.39. The molecular weight excluding hydrogens is 622 g/mol. The van der Waals surface area contributed by atoms with Gasteiger partial charge in [0.15, 0.2) is 16.7 Å². The molecule has 3 heterocycles. The molecule has 7 nitrogen and oxygen atoms in total. The van der Waals surface area contributed by atoms with Gasteiger partial charge >= 0.3 is 12.4 Å². The number of nitrogens with zero attached hydrogens (tertiary/aromatic N) is 3. The lowest BCUT2D eigenvalue weighted by Crippen LogP contribution is -2.49. The molecule has 0 radical (unpaired) electrons. The second-order valence-corrected chi connectivity index (χ2v) is 12.1. The molecule has 14 heteroatoms. The molecule has 3 aliphatic rings. The van der Waals surface area contributed by atoms with Gasteiger partial charge in [0, 0.05) is 37.8 Å². The molecule has 3 aliphatic heterocycles. The molecule has 2 saturated heterocycles. The molecule has 1 unspecified atom stereocenters. The summed E-state index contributed by atoms with van der Waals surface area (Å²) in [4.78, 5) is 22.0. The fraction of sp³-hybridized carbons (Fsp3) is 0.484. The highest BCUT2D eigenvalue weighted by Gasteiger charge is 2.38. The van der Waals surface area contributed by atoms with Gasteiger partial charge in [-0.05, 0) is 80.0 Å². The number of piperidine rings is 1. The van der Waals surface area contributed by atoms with E-state index in [4.69, 9.17) is 9.47 Å². The topological polar surface area (TPSA) is 66.4 Å². The lowest BCUT2D eigenvalue weighted by Gasteiger charge is -2.36. The Balaban J connectivity index is 1.18. The van der Waals surface area contributed by atoms with Crippen LogP contribution in [0.5, 0.6) is 11.5 Å². The summed E-state index contributed by atoms with van der Waals surface area (Å²) in [6.07, 6.45) is -3.36. The molecule has 0 aromatic heterocycles. The smallest absolute Gasteiger partial charge is 0.416 e. The molecule has 1 amide bonds. The number of alkyl halides is 6. The van der Waals surface area contributed by atoms with E-state index < -0.39 is 35.6 Å². The van der Waals surface area contributed by atoms with Crippen LogP contribution in [-0.2, 0) is 23.8 Å². The maximum Gasteiger partial charge on any atom is 0.416 e. The van der Waals surface area contributed by atoms with Crippen LogP contribution < -0.4 is 14.8 Å². The Morgan fingerprint density at radius 3 is 2.44 bits per heavy atom. The molecule has 244 valence electrons. The minimum atomic E-state index is -5.01. The number of methoxy groups -OCH3 is 1. The summed E-state index contributed by atoms with van der Waals surface area (Å²) in [6.45, 7) is 4.86. The van der Waals surface area contributed by atoms with Crippen LogP contribution in [-0.4, -0.2) is 73.3 Å². The summed E-state index contributed by atoms with van der Waals surface area (Å²) < 4.78 is 90.5. The van der Waals surface area contributed by atoms with E-state index >= 15 is 0 Å². The molecule has 2 aromatic carbocycles. The zero-order valence-electron chi connectivity index (χ0n) is 24.6. The Labute approximate surface area is 261 Å². The number of benzene rings is 2. The number of carbonyl (C=O) groups excluding carboxylic acids is 1. The first-order valence-corrected chi connectivity index (χ1v) is 15.5. The van der Waals surface area contributed by atoms with E-state index in [1.54, 1.807) is 18.2 Å². The van der Waals surface area contributed by atoms with Gasteiger partial charge < -0.3 is 19.7 Å². The first-order valence-electron chi connectivity index (χ1n) is 14.7. The standard InChI is InChI=1S/C31H34F6N4O3S/c1-43-26-16-20(5-8-25(26)44-19-21-6-7-22(30(32,33)34)18-24(21)31(35,36)37)17-27-28(42)39-29(45-27)41-14-12-40(13-15-41)11-9-23-4-2-3-10-38-23/h5-8,16-18,23,38H,2-4,9-15,19H2,1H3. The quantitative estimate of drug-likeness (QED) is 0.260. The maximum absolute atomic E-state index is 13.5. The predicted octanol–water partition coefficient (Wildman–Crippen LogP) is 6.43. The van der Waals surface area contributed by atoms with E-state index in [1.807, 2.05) is 0 Å². The monoisotopic (exact) mass is 656 g/mol. The molecule has 1 atom stereocenters. The van der Waals surface area contributed by atoms with E-state index in [0.29, 0.717) is 27.7 Å². The molecule has 2 fully saturated rings. The van der Waals surface area contributed by atoms with Gasteiger partial charge in [-0.1, -0.05) is 18.6 Å². The Kier molecular flexibility index (Phi) is 10.3. The zero-order valence-corrected chi connectivity index (χ0v) is 25.5. The Bertz CT molecular complexity index is 1430. The minimum Gasteiger partial charge on any atom is -0.493 e. The van der Waals surface area contributed by atoms with E-state index in [-0.39, 0.29) is 23.5 Å². The number of thioether (sulfide) groups is 1. The number of hydrogen-bond acceptors (Lipinski definition) is 7. The highest BCUT2D eigenvalue weighted by atomic mass is 32.2. The molecule has 1 N–H and O–H groups in total. The van der Waals surface area contributed by atoms with Crippen molar-refractivity contribution in [1.29, 1.82) is 0 Å². The Morgan fingerprint density at radius 1 is 1.00 bits per heavy atom. The van der Waals surface area contributed by atoms with Gasteiger partial charge in [-0.15, -0.1) is 0 Å². The van der Waals surface area contributed by atoms with E-state index in [0.717, 1.165) is 51.8 Å². The number of halogens is 6. The van der Waals surface area contributed by atoms with Crippen LogP contribution in [0.15, 0.2) is 46.3 Å². The molecule has 0 aliphatic carbocycles. The van der Waals surface area contributed by atoms with Gasteiger partial charge in [0.1, 0.15) is 6.61 Å². The van der Waals surface area contributed by atoms with E-state index in [1.165, 1.54) is 44.2 Å². The third-order valence-electron chi connectivity index (χ3n) is 8.07. The number of piperazine rings is 1. The summed E-state index contributed by atoms with van der Waals surface area (Å²) in [7, 11) is 1.35. The number of amidine groups is 1. The van der Waals surface area contributed by atoms with Crippen molar-refractivity contribution in [3.05, 3.63) is 63.6 Å². The minimum absolute atomic E-state index is 0.0770. The van der Waals surface area contributed by atoms with Crippen molar-refractivity contribution in [2.24, 2.45) is 4.99 Å². The fourth-order valence-electron chi connectivity index (χ4n) is 5.55. The lowest BCUT2D eigenvalue weighted by atomic mass is 10.0. The average Bonchev–Trinajstić information content (AvgIpc) is 3.38. The van der Waals surface area contributed by atoms with Crippen LogP contribution in [0.4, 0.5) is 26.3 Å². The Hall–Kier alpha value is -3.23. The summed E-state index contributed by atoms with van der Waals surface area (Å²) in [5.41, 5.74) is -2.70. The molecule has 2 aromatic rings. The number of aliphatic imine (C=N–C) groups is 1. The molecule has 0 spiro atoms.